The van der Waals surface area contributed by atoms with Crippen LogP contribution in [0.2, 0.25) is 0 Å². The Kier molecular flexibility index (Phi) is 6.59. The molecule has 0 heterocycles. The molecule has 1 rings (SSSR count). The van der Waals surface area contributed by atoms with Crippen molar-refractivity contribution in [2.75, 3.05) is 0 Å². The molecule has 0 unspecified atom stereocenters. The third-order valence-electron chi connectivity index (χ3n) is 1.62. The van der Waals surface area contributed by atoms with E-state index in [-0.39, 0.29) is 0 Å². The zero-order valence-corrected chi connectivity index (χ0v) is 7.40. The normalized spacial score (nSPS) is 15.1. The molecule has 0 spiro atoms. The number of aliphatic carboxylic acids is 2. The average Bonchev–Trinajstić information content (AvgIpc) is 2.57. The predicted molar refractivity (Wildman–Crippen MR) is 47.5 cm³/mol. The SMILES string of the molecule is C1CCCC1.O=C(O)/C=C/C(=O)O. The van der Waals surface area contributed by atoms with Crippen LogP contribution < -0.4 is 0 Å². The van der Waals surface area contributed by atoms with E-state index in [1.807, 2.05) is 0 Å². The van der Waals surface area contributed by atoms with E-state index in [4.69, 9.17) is 10.2 Å². The number of hydrogen-bond donors (Lipinski definition) is 2. The van der Waals surface area contributed by atoms with Crippen molar-refractivity contribution < 1.29 is 19.8 Å². The highest BCUT2D eigenvalue weighted by Gasteiger charge is 1.95. The van der Waals surface area contributed by atoms with Crippen LogP contribution in [0.15, 0.2) is 12.2 Å². The van der Waals surface area contributed by atoms with E-state index in [0.717, 1.165) is 0 Å². The van der Waals surface area contributed by atoms with E-state index >= 15 is 0 Å². The Balaban J connectivity index is 0.000000243. The van der Waals surface area contributed by atoms with Crippen molar-refractivity contribution in [3.05, 3.63) is 12.2 Å². The minimum absolute atomic E-state index is 0.558. The maximum atomic E-state index is 9.55. The molecule has 4 nitrogen and oxygen atoms in total. The molecule has 13 heavy (non-hydrogen) atoms. The lowest BCUT2D eigenvalue weighted by Gasteiger charge is -1.74. The maximum Gasteiger partial charge on any atom is 0.328 e. The molecule has 1 saturated carbocycles. The number of rotatable bonds is 2. The Morgan fingerprint density at radius 3 is 1.15 bits per heavy atom. The van der Waals surface area contributed by atoms with Crippen molar-refractivity contribution in [2.45, 2.75) is 32.1 Å². The zero-order chi connectivity index (χ0) is 10.1. The summed E-state index contributed by atoms with van der Waals surface area (Å²) in [5, 5.41) is 15.6. The van der Waals surface area contributed by atoms with Crippen molar-refractivity contribution in [3.8, 4) is 0 Å². The van der Waals surface area contributed by atoms with Crippen LogP contribution in [0, 0.1) is 0 Å². The summed E-state index contributed by atoms with van der Waals surface area (Å²) in [6.45, 7) is 0. The fraction of sp³-hybridized carbons (Fsp3) is 0.556. The van der Waals surface area contributed by atoms with E-state index in [1.54, 1.807) is 0 Å². The highest BCUT2D eigenvalue weighted by Crippen LogP contribution is 2.15. The lowest BCUT2D eigenvalue weighted by atomic mass is 10.4. The van der Waals surface area contributed by atoms with Gasteiger partial charge in [-0.2, -0.15) is 0 Å². The Morgan fingerprint density at radius 1 is 0.769 bits per heavy atom. The summed E-state index contributed by atoms with van der Waals surface area (Å²) < 4.78 is 0. The Labute approximate surface area is 76.9 Å². The topological polar surface area (TPSA) is 74.6 Å². The quantitative estimate of drug-likeness (QED) is 0.643. The monoisotopic (exact) mass is 186 g/mol. The molecule has 0 aliphatic heterocycles. The van der Waals surface area contributed by atoms with Crippen molar-refractivity contribution in [1.29, 1.82) is 0 Å². The maximum absolute atomic E-state index is 9.55. The number of carbonyl (C=O) groups is 2. The van der Waals surface area contributed by atoms with Gasteiger partial charge in [0.25, 0.3) is 0 Å². The number of carboxylic acid groups (broad SMARTS) is 2. The molecule has 0 amide bonds. The molecule has 0 aromatic heterocycles. The standard InChI is InChI=1S/C5H10.C4H4O4/c1-2-4-5-3-1;5-3(6)1-2-4(7)8/h1-5H2;1-2H,(H,5,6)(H,7,8)/b;2-1+. The Bertz CT molecular complexity index is 168. The van der Waals surface area contributed by atoms with E-state index in [2.05, 4.69) is 0 Å². The van der Waals surface area contributed by atoms with Crippen LogP contribution in [0.5, 0.6) is 0 Å². The summed E-state index contributed by atoms with van der Waals surface area (Å²) in [7, 11) is 0. The van der Waals surface area contributed by atoms with Crippen LogP contribution in [0.3, 0.4) is 0 Å². The van der Waals surface area contributed by atoms with Gasteiger partial charge in [0.1, 0.15) is 0 Å². The second kappa shape index (κ2) is 7.34. The summed E-state index contributed by atoms with van der Waals surface area (Å²) in [4.78, 5) is 19.1. The zero-order valence-electron chi connectivity index (χ0n) is 7.40. The third-order valence-corrected chi connectivity index (χ3v) is 1.62. The lowest BCUT2D eigenvalue weighted by molar-refractivity contribution is -0.134. The van der Waals surface area contributed by atoms with Gasteiger partial charge in [-0.25, -0.2) is 9.59 Å². The minimum Gasteiger partial charge on any atom is -0.478 e. The van der Waals surface area contributed by atoms with Crippen molar-refractivity contribution >= 4 is 11.9 Å². The van der Waals surface area contributed by atoms with Gasteiger partial charge in [0.15, 0.2) is 0 Å². The van der Waals surface area contributed by atoms with Crippen LogP contribution in [0.1, 0.15) is 32.1 Å². The van der Waals surface area contributed by atoms with E-state index in [0.29, 0.717) is 12.2 Å². The first kappa shape index (κ1) is 11.7. The van der Waals surface area contributed by atoms with Crippen molar-refractivity contribution in [3.63, 3.8) is 0 Å². The molecular weight excluding hydrogens is 172 g/mol. The Morgan fingerprint density at radius 2 is 1.00 bits per heavy atom. The predicted octanol–water partition coefficient (Wildman–Crippen LogP) is 1.66. The molecule has 1 aliphatic rings. The van der Waals surface area contributed by atoms with Gasteiger partial charge < -0.3 is 10.2 Å². The first-order valence-electron chi connectivity index (χ1n) is 4.27. The summed E-state index contributed by atoms with van der Waals surface area (Å²) >= 11 is 0. The highest BCUT2D eigenvalue weighted by molar-refractivity contribution is 5.89. The van der Waals surface area contributed by atoms with Gasteiger partial charge in [0.2, 0.25) is 0 Å². The van der Waals surface area contributed by atoms with Crippen LogP contribution in [-0.4, -0.2) is 22.2 Å². The fourth-order valence-corrected chi connectivity index (χ4v) is 1.03. The molecule has 0 bridgehead atoms. The third kappa shape index (κ3) is 10.7. The van der Waals surface area contributed by atoms with Gasteiger partial charge in [0, 0.05) is 12.2 Å². The Hall–Kier alpha value is -1.32. The molecule has 0 aromatic carbocycles. The molecule has 74 valence electrons. The first-order chi connectivity index (χ1) is 6.13. The lowest BCUT2D eigenvalue weighted by Crippen LogP contribution is -1.91. The smallest absolute Gasteiger partial charge is 0.328 e. The van der Waals surface area contributed by atoms with E-state index in [1.165, 1.54) is 32.1 Å². The van der Waals surface area contributed by atoms with Gasteiger partial charge in [-0.05, 0) is 0 Å². The first-order valence-corrected chi connectivity index (χ1v) is 4.27. The van der Waals surface area contributed by atoms with Crippen molar-refractivity contribution in [2.24, 2.45) is 0 Å². The molecule has 1 fully saturated rings. The summed E-state index contributed by atoms with van der Waals surface area (Å²) in [6, 6.07) is 0. The number of hydrogen-bond acceptors (Lipinski definition) is 2. The second-order valence-electron chi connectivity index (χ2n) is 2.78. The van der Waals surface area contributed by atoms with E-state index < -0.39 is 11.9 Å². The summed E-state index contributed by atoms with van der Waals surface area (Å²) in [6.07, 6.45) is 8.62. The van der Waals surface area contributed by atoms with Crippen LogP contribution >= 0.6 is 0 Å². The molecule has 0 aromatic rings. The summed E-state index contributed by atoms with van der Waals surface area (Å²) in [5.74, 6) is -2.51. The van der Waals surface area contributed by atoms with Gasteiger partial charge in [-0.15, -0.1) is 0 Å². The minimum atomic E-state index is -1.26. The number of carboxylic acids is 2. The van der Waals surface area contributed by atoms with Crippen molar-refractivity contribution in [1.82, 2.24) is 0 Å². The van der Waals surface area contributed by atoms with Gasteiger partial charge >= 0.3 is 11.9 Å². The molecule has 0 radical (unpaired) electrons. The summed E-state index contributed by atoms with van der Waals surface area (Å²) in [5.41, 5.74) is 0. The largest absolute Gasteiger partial charge is 0.478 e. The highest BCUT2D eigenvalue weighted by atomic mass is 16.4. The average molecular weight is 186 g/mol. The molecule has 0 saturated heterocycles. The van der Waals surface area contributed by atoms with Crippen LogP contribution in [0.4, 0.5) is 0 Å². The van der Waals surface area contributed by atoms with E-state index in [9.17, 15) is 9.59 Å². The van der Waals surface area contributed by atoms with Crippen LogP contribution in [-0.2, 0) is 9.59 Å². The molecule has 2 N–H and O–H groups in total. The second-order valence-corrected chi connectivity index (χ2v) is 2.78. The fourth-order valence-electron chi connectivity index (χ4n) is 1.03. The van der Waals surface area contributed by atoms with Crippen LogP contribution in [0.25, 0.3) is 0 Å². The molecule has 4 heteroatoms. The molecular formula is C9H14O4. The van der Waals surface area contributed by atoms with Gasteiger partial charge in [-0.1, -0.05) is 32.1 Å². The van der Waals surface area contributed by atoms with Gasteiger partial charge in [-0.3, -0.25) is 0 Å². The van der Waals surface area contributed by atoms with Gasteiger partial charge in [0.05, 0.1) is 0 Å². The molecule has 1 aliphatic carbocycles. The molecule has 0 atom stereocenters.